The van der Waals surface area contributed by atoms with Crippen LogP contribution in [0.5, 0.6) is 0 Å². The van der Waals surface area contributed by atoms with Crippen LogP contribution < -0.4 is 0 Å². The summed E-state index contributed by atoms with van der Waals surface area (Å²) in [5.74, 6) is -0.0880. The normalized spacial score (nSPS) is 23.4. The zero-order valence-electron chi connectivity index (χ0n) is 13.5. The van der Waals surface area contributed by atoms with Crippen LogP contribution in [0.25, 0.3) is 10.6 Å². The van der Waals surface area contributed by atoms with Gasteiger partial charge in [0, 0.05) is 36.1 Å². The molecule has 2 atom stereocenters. The SMILES string of the molecule is CN1C[C@@H]2C[C@H]1CN2C(=O)c1csc(-c2ccc(C(F)(F)F)cc2)n1. The Morgan fingerprint density at radius 2 is 1.92 bits per heavy atom. The molecule has 2 saturated heterocycles. The Balaban J connectivity index is 1.52. The first-order valence-electron chi connectivity index (χ1n) is 7.97. The van der Waals surface area contributed by atoms with E-state index < -0.39 is 11.7 Å². The fourth-order valence-electron chi connectivity index (χ4n) is 3.57. The Hall–Kier alpha value is -1.93. The van der Waals surface area contributed by atoms with Gasteiger partial charge in [-0.3, -0.25) is 9.69 Å². The Kier molecular flexibility index (Phi) is 3.84. The Morgan fingerprint density at radius 1 is 1.20 bits per heavy atom. The van der Waals surface area contributed by atoms with Crippen molar-refractivity contribution >= 4 is 17.2 Å². The van der Waals surface area contributed by atoms with Crippen LogP contribution in [-0.4, -0.2) is 52.9 Å². The summed E-state index contributed by atoms with van der Waals surface area (Å²) >= 11 is 1.27. The predicted molar refractivity (Wildman–Crippen MR) is 88.4 cm³/mol. The number of alkyl halides is 3. The highest BCUT2D eigenvalue weighted by atomic mass is 32.1. The van der Waals surface area contributed by atoms with E-state index in [0.29, 0.717) is 28.9 Å². The van der Waals surface area contributed by atoms with E-state index in [9.17, 15) is 18.0 Å². The molecular formula is C17H16F3N3OS. The number of hydrogen-bond donors (Lipinski definition) is 0. The van der Waals surface area contributed by atoms with Gasteiger partial charge in [0.25, 0.3) is 5.91 Å². The molecule has 2 bridgehead atoms. The molecule has 0 saturated carbocycles. The van der Waals surface area contributed by atoms with E-state index in [1.165, 1.54) is 23.5 Å². The van der Waals surface area contributed by atoms with Gasteiger partial charge in [0.15, 0.2) is 0 Å². The third kappa shape index (κ3) is 2.93. The van der Waals surface area contributed by atoms with Crippen LogP contribution in [0.15, 0.2) is 29.6 Å². The van der Waals surface area contributed by atoms with Gasteiger partial charge < -0.3 is 4.90 Å². The van der Waals surface area contributed by atoms with Crippen LogP contribution >= 0.6 is 11.3 Å². The van der Waals surface area contributed by atoms with Crippen LogP contribution in [0.3, 0.4) is 0 Å². The van der Waals surface area contributed by atoms with Crippen LogP contribution in [0.1, 0.15) is 22.5 Å². The van der Waals surface area contributed by atoms with Crippen LogP contribution in [0.2, 0.25) is 0 Å². The van der Waals surface area contributed by atoms with E-state index in [1.54, 1.807) is 5.38 Å². The molecule has 8 heteroatoms. The molecule has 0 N–H and O–H groups in total. The van der Waals surface area contributed by atoms with Crippen molar-refractivity contribution in [2.24, 2.45) is 0 Å². The molecule has 2 aromatic rings. The molecule has 2 aliphatic rings. The molecule has 3 heterocycles. The monoisotopic (exact) mass is 367 g/mol. The second-order valence-corrected chi connectivity index (χ2v) is 7.41. The van der Waals surface area contributed by atoms with Crippen molar-refractivity contribution in [3.05, 3.63) is 40.9 Å². The number of benzene rings is 1. The molecule has 0 radical (unpaired) electrons. The molecule has 0 aliphatic carbocycles. The third-order valence-corrected chi connectivity index (χ3v) is 5.85. The second kappa shape index (κ2) is 5.81. The van der Waals surface area contributed by atoms with E-state index in [0.717, 1.165) is 25.1 Å². The van der Waals surface area contributed by atoms with E-state index in [1.807, 2.05) is 4.90 Å². The van der Waals surface area contributed by atoms with E-state index in [2.05, 4.69) is 16.9 Å². The van der Waals surface area contributed by atoms with Gasteiger partial charge in [0.2, 0.25) is 0 Å². The molecule has 0 unspecified atom stereocenters. The maximum absolute atomic E-state index is 12.7. The van der Waals surface area contributed by atoms with Crippen molar-refractivity contribution in [3.63, 3.8) is 0 Å². The molecule has 4 rings (SSSR count). The van der Waals surface area contributed by atoms with Crippen LogP contribution in [0.4, 0.5) is 13.2 Å². The quantitative estimate of drug-likeness (QED) is 0.817. The number of carbonyl (C=O) groups excluding carboxylic acids is 1. The molecule has 0 spiro atoms. The first-order valence-corrected chi connectivity index (χ1v) is 8.85. The molecule has 132 valence electrons. The van der Waals surface area contributed by atoms with Crippen molar-refractivity contribution in [3.8, 4) is 10.6 Å². The van der Waals surface area contributed by atoms with Crippen molar-refractivity contribution in [2.45, 2.75) is 24.7 Å². The van der Waals surface area contributed by atoms with E-state index >= 15 is 0 Å². The van der Waals surface area contributed by atoms with Gasteiger partial charge in [-0.25, -0.2) is 4.98 Å². The number of carbonyl (C=O) groups is 1. The number of fused-ring (bicyclic) bond motifs is 2. The number of likely N-dealkylation sites (N-methyl/N-ethyl adjacent to an activating group) is 1. The van der Waals surface area contributed by atoms with Crippen LogP contribution in [-0.2, 0) is 6.18 Å². The molecule has 2 fully saturated rings. The van der Waals surface area contributed by atoms with Crippen LogP contribution in [0, 0.1) is 0 Å². The maximum Gasteiger partial charge on any atom is 0.416 e. The zero-order valence-corrected chi connectivity index (χ0v) is 14.3. The number of likely N-dealkylation sites (tertiary alicyclic amines) is 2. The van der Waals surface area contributed by atoms with Gasteiger partial charge in [-0.2, -0.15) is 13.2 Å². The lowest BCUT2D eigenvalue weighted by molar-refractivity contribution is -0.137. The van der Waals surface area contributed by atoms with Gasteiger partial charge in [-0.15, -0.1) is 11.3 Å². The lowest BCUT2D eigenvalue weighted by Gasteiger charge is -2.31. The minimum absolute atomic E-state index is 0.0880. The van der Waals surface area contributed by atoms with Gasteiger partial charge in [0.05, 0.1) is 5.56 Å². The number of piperazine rings is 1. The van der Waals surface area contributed by atoms with E-state index in [-0.39, 0.29) is 11.9 Å². The molecule has 1 aromatic carbocycles. The van der Waals surface area contributed by atoms with Crippen molar-refractivity contribution in [2.75, 3.05) is 20.1 Å². The van der Waals surface area contributed by atoms with Gasteiger partial charge in [0.1, 0.15) is 10.7 Å². The maximum atomic E-state index is 12.7. The number of rotatable bonds is 2. The Morgan fingerprint density at radius 3 is 2.48 bits per heavy atom. The lowest BCUT2D eigenvalue weighted by Crippen LogP contribution is -2.47. The zero-order chi connectivity index (χ0) is 17.8. The number of hydrogen-bond acceptors (Lipinski definition) is 4. The summed E-state index contributed by atoms with van der Waals surface area (Å²) in [6, 6.07) is 5.51. The third-order valence-electron chi connectivity index (χ3n) is 4.96. The topological polar surface area (TPSA) is 36.4 Å². The highest BCUT2D eigenvalue weighted by Gasteiger charge is 2.44. The van der Waals surface area contributed by atoms with Crippen molar-refractivity contribution in [1.82, 2.24) is 14.8 Å². The number of aromatic nitrogens is 1. The molecule has 25 heavy (non-hydrogen) atoms. The minimum atomic E-state index is -4.36. The number of nitrogens with zero attached hydrogens (tertiary/aromatic N) is 3. The average Bonchev–Trinajstić information content (AvgIpc) is 3.28. The molecule has 4 nitrogen and oxygen atoms in total. The summed E-state index contributed by atoms with van der Waals surface area (Å²) in [5.41, 5.74) is 0.260. The first kappa shape index (κ1) is 16.5. The Bertz CT molecular complexity index is 800. The number of thiazole rings is 1. The van der Waals surface area contributed by atoms with Gasteiger partial charge in [-0.1, -0.05) is 12.1 Å². The molecule has 1 aromatic heterocycles. The molecular weight excluding hydrogens is 351 g/mol. The first-order chi connectivity index (χ1) is 11.8. The molecule has 1 amide bonds. The summed E-state index contributed by atoms with van der Waals surface area (Å²) in [7, 11) is 2.07. The molecule has 2 aliphatic heterocycles. The summed E-state index contributed by atoms with van der Waals surface area (Å²) in [6.07, 6.45) is -3.36. The standard InChI is InChI=1S/C17H16F3N3OS/c1-22-7-13-6-12(22)8-23(13)16(24)14-9-25-15(21-14)10-2-4-11(5-3-10)17(18,19)20/h2-5,9,12-13H,6-8H2,1H3/t12-,13-/m0/s1. The van der Waals surface area contributed by atoms with Crippen molar-refractivity contribution < 1.29 is 18.0 Å². The average molecular weight is 367 g/mol. The number of amides is 1. The minimum Gasteiger partial charge on any atom is -0.331 e. The fourth-order valence-corrected chi connectivity index (χ4v) is 4.37. The summed E-state index contributed by atoms with van der Waals surface area (Å²) in [4.78, 5) is 21.2. The second-order valence-electron chi connectivity index (χ2n) is 6.55. The van der Waals surface area contributed by atoms with Gasteiger partial charge >= 0.3 is 6.18 Å². The smallest absolute Gasteiger partial charge is 0.331 e. The van der Waals surface area contributed by atoms with Gasteiger partial charge in [-0.05, 0) is 25.6 Å². The summed E-state index contributed by atoms with van der Waals surface area (Å²) in [6.45, 7) is 1.60. The van der Waals surface area contributed by atoms with Crippen molar-refractivity contribution in [1.29, 1.82) is 0 Å². The lowest BCUT2D eigenvalue weighted by atomic mass is 10.1. The highest BCUT2D eigenvalue weighted by molar-refractivity contribution is 7.13. The highest BCUT2D eigenvalue weighted by Crippen LogP contribution is 2.33. The fraction of sp³-hybridized carbons (Fsp3) is 0.412. The summed E-state index contributed by atoms with van der Waals surface area (Å²) in [5, 5.41) is 2.24. The predicted octanol–water partition coefficient (Wildman–Crippen LogP) is 3.36. The largest absolute Gasteiger partial charge is 0.416 e. The Labute approximate surface area is 146 Å². The summed E-state index contributed by atoms with van der Waals surface area (Å²) < 4.78 is 37.9. The van der Waals surface area contributed by atoms with E-state index in [4.69, 9.17) is 0 Å². The number of halogens is 3.